The first-order chi connectivity index (χ1) is 10.7. The summed E-state index contributed by atoms with van der Waals surface area (Å²) in [6, 6.07) is 3.70. The van der Waals surface area contributed by atoms with Gasteiger partial charge in [0.15, 0.2) is 0 Å². The van der Waals surface area contributed by atoms with Gasteiger partial charge in [0.1, 0.15) is 5.69 Å². The lowest BCUT2D eigenvalue weighted by Crippen LogP contribution is -2.27. The summed E-state index contributed by atoms with van der Waals surface area (Å²) < 4.78 is 0. The van der Waals surface area contributed by atoms with E-state index in [1.54, 1.807) is 18.6 Å². The van der Waals surface area contributed by atoms with Crippen LogP contribution in [0.2, 0.25) is 0 Å². The SMILES string of the molecule is CC(C)c1nccnc1-c1ccc(C(=O)N2CCCC2)cn1. The number of nitrogens with zero attached hydrogens (tertiary/aromatic N) is 4. The molecule has 5 nitrogen and oxygen atoms in total. The standard InChI is InChI=1S/C17H20N4O/c1-12(2)15-16(19-8-7-18-15)14-6-5-13(11-20-14)17(22)21-9-3-4-10-21/h5-8,11-12H,3-4,9-10H2,1-2H3. The minimum atomic E-state index is 0.0692. The molecule has 0 radical (unpaired) electrons. The fraction of sp³-hybridized carbons (Fsp3) is 0.412. The Kier molecular flexibility index (Phi) is 4.13. The largest absolute Gasteiger partial charge is 0.339 e. The molecular formula is C17H20N4O. The summed E-state index contributed by atoms with van der Waals surface area (Å²) >= 11 is 0. The van der Waals surface area contributed by atoms with Gasteiger partial charge in [-0.15, -0.1) is 0 Å². The molecule has 2 aromatic heterocycles. The fourth-order valence-corrected chi connectivity index (χ4v) is 2.73. The van der Waals surface area contributed by atoms with Crippen molar-refractivity contribution in [1.82, 2.24) is 19.9 Å². The van der Waals surface area contributed by atoms with Gasteiger partial charge in [-0.1, -0.05) is 13.8 Å². The summed E-state index contributed by atoms with van der Waals surface area (Å²) in [4.78, 5) is 27.4. The first-order valence-corrected chi connectivity index (χ1v) is 7.73. The molecular weight excluding hydrogens is 276 g/mol. The summed E-state index contributed by atoms with van der Waals surface area (Å²) in [7, 11) is 0. The molecule has 1 saturated heterocycles. The summed E-state index contributed by atoms with van der Waals surface area (Å²) in [5.41, 5.74) is 3.11. The van der Waals surface area contributed by atoms with Gasteiger partial charge in [0, 0.05) is 31.7 Å². The van der Waals surface area contributed by atoms with Crippen LogP contribution in [0.5, 0.6) is 0 Å². The van der Waals surface area contributed by atoms with Gasteiger partial charge in [0.2, 0.25) is 0 Å². The zero-order valence-electron chi connectivity index (χ0n) is 13.0. The topological polar surface area (TPSA) is 59.0 Å². The predicted octanol–water partition coefficient (Wildman–Crippen LogP) is 2.90. The van der Waals surface area contributed by atoms with E-state index in [1.165, 1.54) is 0 Å². The zero-order valence-corrected chi connectivity index (χ0v) is 13.0. The Morgan fingerprint density at radius 1 is 1.09 bits per heavy atom. The molecule has 0 saturated carbocycles. The molecule has 0 atom stereocenters. The second-order valence-corrected chi connectivity index (χ2v) is 5.88. The summed E-state index contributed by atoms with van der Waals surface area (Å²) in [6.45, 7) is 5.86. The quantitative estimate of drug-likeness (QED) is 0.874. The second kappa shape index (κ2) is 6.22. The van der Waals surface area contributed by atoms with Crippen LogP contribution in [-0.2, 0) is 0 Å². The van der Waals surface area contributed by atoms with E-state index < -0.39 is 0 Å². The molecule has 0 bridgehead atoms. The highest BCUT2D eigenvalue weighted by atomic mass is 16.2. The van der Waals surface area contributed by atoms with Gasteiger partial charge in [-0.2, -0.15) is 0 Å². The van der Waals surface area contributed by atoms with Gasteiger partial charge in [-0.05, 0) is 30.9 Å². The lowest BCUT2D eigenvalue weighted by Gasteiger charge is -2.15. The maximum Gasteiger partial charge on any atom is 0.255 e. The molecule has 114 valence electrons. The van der Waals surface area contributed by atoms with Crippen molar-refractivity contribution >= 4 is 5.91 Å². The highest BCUT2D eigenvalue weighted by Gasteiger charge is 2.20. The highest BCUT2D eigenvalue weighted by molar-refractivity contribution is 5.94. The number of hydrogen-bond acceptors (Lipinski definition) is 4. The predicted molar refractivity (Wildman–Crippen MR) is 84.5 cm³/mol. The Morgan fingerprint density at radius 2 is 1.82 bits per heavy atom. The van der Waals surface area contributed by atoms with E-state index in [1.807, 2.05) is 17.0 Å². The Morgan fingerprint density at radius 3 is 2.45 bits per heavy atom. The Labute approximate surface area is 130 Å². The number of amides is 1. The normalized spacial score (nSPS) is 14.6. The number of rotatable bonds is 3. The van der Waals surface area contributed by atoms with Crippen molar-refractivity contribution in [3.05, 3.63) is 42.0 Å². The average Bonchev–Trinajstić information content (AvgIpc) is 3.09. The van der Waals surface area contributed by atoms with E-state index in [0.29, 0.717) is 5.56 Å². The molecule has 3 heterocycles. The van der Waals surface area contributed by atoms with Crippen molar-refractivity contribution in [2.24, 2.45) is 0 Å². The van der Waals surface area contributed by atoms with E-state index >= 15 is 0 Å². The van der Waals surface area contributed by atoms with Crippen molar-refractivity contribution < 1.29 is 4.79 Å². The third-order valence-corrected chi connectivity index (χ3v) is 3.92. The average molecular weight is 296 g/mol. The van der Waals surface area contributed by atoms with Gasteiger partial charge >= 0.3 is 0 Å². The Balaban J connectivity index is 1.87. The molecule has 0 N–H and O–H groups in total. The molecule has 3 rings (SSSR count). The Hall–Kier alpha value is -2.30. The highest BCUT2D eigenvalue weighted by Crippen LogP contribution is 2.24. The summed E-state index contributed by atoms with van der Waals surface area (Å²) in [5.74, 6) is 0.344. The Bertz CT molecular complexity index is 661. The second-order valence-electron chi connectivity index (χ2n) is 5.88. The zero-order chi connectivity index (χ0) is 15.5. The number of carbonyl (C=O) groups is 1. The van der Waals surface area contributed by atoms with Gasteiger partial charge in [0.05, 0.1) is 17.0 Å². The monoisotopic (exact) mass is 296 g/mol. The third-order valence-electron chi connectivity index (χ3n) is 3.92. The van der Waals surface area contributed by atoms with Crippen LogP contribution in [0.4, 0.5) is 0 Å². The smallest absolute Gasteiger partial charge is 0.255 e. The molecule has 1 fully saturated rings. The van der Waals surface area contributed by atoms with Crippen LogP contribution in [0.25, 0.3) is 11.4 Å². The molecule has 0 aromatic carbocycles. The molecule has 0 spiro atoms. The molecule has 2 aromatic rings. The van der Waals surface area contributed by atoms with Crippen LogP contribution < -0.4 is 0 Å². The van der Waals surface area contributed by atoms with Crippen LogP contribution >= 0.6 is 0 Å². The van der Waals surface area contributed by atoms with Crippen molar-refractivity contribution in [2.45, 2.75) is 32.6 Å². The summed E-state index contributed by atoms with van der Waals surface area (Å²) in [6.07, 6.45) is 7.20. The number of aromatic nitrogens is 3. The third kappa shape index (κ3) is 2.84. The lowest BCUT2D eigenvalue weighted by molar-refractivity contribution is 0.0792. The maximum atomic E-state index is 12.3. The van der Waals surface area contributed by atoms with Crippen LogP contribution in [0.15, 0.2) is 30.7 Å². The lowest BCUT2D eigenvalue weighted by atomic mass is 10.1. The van der Waals surface area contributed by atoms with Crippen LogP contribution in [-0.4, -0.2) is 38.8 Å². The van der Waals surface area contributed by atoms with Crippen LogP contribution in [0.1, 0.15) is 48.7 Å². The van der Waals surface area contributed by atoms with Gasteiger partial charge in [-0.3, -0.25) is 19.7 Å². The number of carbonyl (C=O) groups excluding carboxylic acids is 1. The van der Waals surface area contributed by atoms with Crippen molar-refractivity contribution in [3.8, 4) is 11.4 Å². The van der Waals surface area contributed by atoms with Gasteiger partial charge in [-0.25, -0.2) is 0 Å². The maximum absolute atomic E-state index is 12.3. The van der Waals surface area contributed by atoms with E-state index in [4.69, 9.17) is 0 Å². The number of hydrogen-bond donors (Lipinski definition) is 0. The fourth-order valence-electron chi connectivity index (χ4n) is 2.73. The molecule has 1 aliphatic heterocycles. The van der Waals surface area contributed by atoms with E-state index in [-0.39, 0.29) is 11.8 Å². The molecule has 22 heavy (non-hydrogen) atoms. The van der Waals surface area contributed by atoms with Gasteiger partial charge in [0.25, 0.3) is 5.91 Å². The number of pyridine rings is 1. The molecule has 0 unspecified atom stereocenters. The van der Waals surface area contributed by atoms with E-state index in [2.05, 4.69) is 28.8 Å². The molecule has 1 aliphatic rings. The van der Waals surface area contributed by atoms with Gasteiger partial charge < -0.3 is 4.90 Å². The van der Waals surface area contributed by atoms with E-state index in [0.717, 1.165) is 43.0 Å². The molecule has 0 aliphatic carbocycles. The van der Waals surface area contributed by atoms with Crippen molar-refractivity contribution in [3.63, 3.8) is 0 Å². The minimum Gasteiger partial charge on any atom is -0.339 e. The minimum absolute atomic E-state index is 0.0692. The van der Waals surface area contributed by atoms with Crippen molar-refractivity contribution in [2.75, 3.05) is 13.1 Å². The van der Waals surface area contributed by atoms with Crippen molar-refractivity contribution in [1.29, 1.82) is 0 Å². The van der Waals surface area contributed by atoms with Crippen LogP contribution in [0, 0.1) is 0 Å². The molecule has 1 amide bonds. The first kappa shape index (κ1) is 14.6. The first-order valence-electron chi connectivity index (χ1n) is 7.73. The molecule has 5 heteroatoms. The summed E-state index contributed by atoms with van der Waals surface area (Å²) in [5, 5.41) is 0. The van der Waals surface area contributed by atoms with Crippen LogP contribution in [0.3, 0.4) is 0 Å². The van der Waals surface area contributed by atoms with E-state index in [9.17, 15) is 4.79 Å². The number of likely N-dealkylation sites (tertiary alicyclic amines) is 1.